The van der Waals surface area contributed by atoms with Crippen LogP contribution in [0.25, 0.3) is 0 Å². The van der Waals surface area contributed by atoms with Gasteiger partial charge in [-0.15, -0.1) is 0 Å². The molecule has 0 aliphatic carbocycles. The van der Waals surface area contributed by atoms with Gasteiger partial charge in [0.1, 0.15) is 5.60 Å². The number of halogens is 1. The predicted molar refractivity (Wildman–Crippen MR) is 80.2 cm³/mol. The second kappa shape index (κ2) is 6.92. The summed E-state index contributed by atoms with van der Waals surface area (Å²) >= 11 is 6.08. The monoisotopic (exact) mass is 300 g/mol. The Morgan fingerprint density at radius 1 is 1.50 bits per heavy atom. The molecule has 0 radical (unpaired) electrons. The Balaban J connectivity index is 2.87. The minimum absolute atomic E-state index is 0.105. The van der Waals surface area contributed by atoms with Gasteiger partial charge in [-0.1, -0.05) is 11.6 Å². The molecule has 0 spiro atoms. The van der Waals surface area contributed by atoms with Gasteiger partial charge in [0.25, 0.3) is 0 Å². The second-order valence-electron chi connectivity index (χ2n) is 5.48. The van der Waals surface area contributed by atoms with Gasteiger partial charge in [0.15, 0.2) is 0 Å². The Bertz CT molecular complexity index is 468. The molecule has 0 aliphatic heterocycles. The zero-order valence-electron chi connectivity index (χ0n) is 11.9. The molecule has 1 amide bonds. The van der Waals surface area contributed by atoms with Crippen molar-refractivity contribution in [1.82, 2.24) is 0 Å². The lowest BCUT2D eigenvalue weighted by Gasteiger charge is -2.20. The summed E-state index contributed by atoms with van der Waals surface area (Å²) in [6.45, 7) is 5.53. The van der Waals surface area contributed by atoms with Gasteiger partial charge in [-0.2, -0.15) is 0 Å². The van der Waals surface area contributed by atoms with E-state index in [1.54, 1.807) is 39.0 Å². The van der Waals surface area contributed by atoms with E-state index in [-0.39, 0.29) is 19.1 Å². The summed E-state index contributed by atoms with van der Waals surface area (Å²) in [5, 5.41) is 12.4. The highest BCUT2D eigenvalue weighted by atomic mass is 35.5. The fourth-order valence-electron chi connectivity index (χ4n) is 1.66. The van der Waals surface area contributed by atoms with Crippen LogP contribution < -0.4 is 11.1 Å². The van der Waals surface area contributed by atoms with Gasteiger partial charge < -0.3 is 15.6 Å². The zero-order valence-corrected chi connectivity index (χ0v) is 12.7. The summed E-state index contributed by atoms with van der Waals surface area (Å²) in [6.07, 6.45) is -0.543. The summed E-state index contributed by atoms with van der Waals surface area (Å²) < 4.78 is 5.17. The number of carbonyl (C=O) groups excluding carboxylic acids is 1. The van der Waals surface area contributed by atoms with Gasteiger partial charge in [-0.3, -0.25) is 5.32 Å². The molecule has 20 heavy (non-hydrogen) atoms. The third kappa shape index (κ3) is 5.00. The summed E-state index contributed by atoms with van der Waals surface area (Å²) in [5.74, 6) is -0.261. The van der Waals surface area contributed by atoms with E-state index in [9.17, 15) is 9.90 Å². The SMILES string of the molecule is CC(C)(C)OC(=O)Nc1ccc(Cl)c(C(CN)CO)c1. The highest BCUT2D eigenvalue weighted by Gasteiger charge is 2.17. The molecular weight excluding hydrogens is 280 g/mol. The van der Waals surface area contributed by atoms with E-state index in [0.717, 1.165) is 0 Å². The number of nitrogens with two attached hydrogens (primary N) is 1. The van der Waals surface area contributed by atoms with E-state index in [2.05, 4.69) is 5.32 Å². The zero-order chi connectivity index (χ0) is 15.3. The van der Waals surface area contributed by atoms with Crippen LogP contribution in [0.2, 0.25) is 5.02 Å². The number of carbonyl (C=O) groups is 1. The maximum absolute atomic E-state index is 11.7. The second-order valence-corrected chi connectivity index (χ2v) is 5.89. The molecule has 0 bridgehead atoms. The number of aliphatic hydroxyl groups is 1. The molecule has 112 valence electrons. The van der Waals surface area contributed by atoms with Crippen LogP contribution in [0.3, 0.4) is 0 Å². The van der Waals surface area contributed by atoms with E-state index < -0.39 is 11.7 Å². The minimum atomic E-state index is -0.565. The number of hydrogen-bond acceptors (Lipinski definition) is 4. The highest BCUT2D eigenvalue weighted by Crippen LogP contribution is 2.27. The summed E-state index contributed by atoms with van der Waals surface area (Å²) in [4.78, 5) is 11.7. The number of rotatable bonds is 4. The molecule has 1 aromatic rings. The first kappa shape index (κ1) is 16.8. The molecule has 1 atom stereocenters. The van der Waals surface area contributed by atoms with E-state index in [1.165, 1.54) is 0 Å². The van der Waals surface area contributed by atoms with E-state index >= 15 is 0 Å². The van der Waals surface area contributed by atoms with Crippen molar-refractivity contribution >= 4 is 23.4 Å². The van der Waals surface area contributed by atoms with E-state index in [0.29, 0.717) is 16.3 Å². The molecule has 0 heterocycles. The number of nitrogens with one attached hydrogen (secondary N) is 1. The normalized spacial score (nSPS) is 12.9. The van der Waals surface area contributed by atoms with Crippen molar-refractivity contribution in [2.24, 2.45) is 5.73 Å². The number of amides is 1. The Kier molecular flexibility index (Phi) is 5.80. The first-order valence-electron chi connectivity index (χ1n) is 6.37. The van der Waals surface area contributed by atoms with Crippen LogP contribution in [-0.2, 0) is 4.74 Å². The first-order valence-corrected chi connectivity index (χ1v) is 6.75. The molecule has 0 saturated heterocycles. The van der Waals surface area contributed by atoms with Crippen molar-refractivity contribution in [3.8, 4) is 0 Å². The third-order valence-electron chi connectivity index (χ3n) is 2.59. The van der Waals surface area contributed by atoms with Crippen molar-refractivity contribution in [2.75, 3.05) is 18.5 Å². The van der Waals surface area contributed by atoms with Crippen molar-refractivity contribution in [3.63, 3.8) is 0 Å². The molecule has 0 aromatic heterocycles. The van der Waals surface area contributed by atoms with Crippen LogP contribution >= 0.6 is 11.6 Å². The lowest BCUT2D eigenvalue weighted by molar-refractivity contribution is 0.0636. The fourth-order valence-corrected chi connectivity index (χ4v) is 1.93. The molecule has 1 unspecified atom stereocenters. The molecule has 0 aliphatic rings. The lowest BCUT2D eigenvalue weighted by atomic mass is 9.99. The minimum Gasteiger partial charge on any atom is -0.444 e. The lowest BCUT2D eigenvalue weighted by Crippen LogP contribution is -2.27. The summed E-state index contributed by atoms with van der Waals surface area (Å²) in [6, 6.07) is 5.02. The predicted octanol–water partition coefficient (Wildman–Crippen LogP) is 2.72. The number of ether oxygens (including phenoxy) is 1. The van der Waals surface area contributed by atoms with Gasteiger partial charge in [0, 0.05) is 23.2 Å². The Morgan fingerprint density at radius 2 is 2.15 bits per heavy atom. The van der Waals surface area contributed by atoms with Crippen LogP contribution in [0, 0.1) is 0 Å². The molecule has 5 nitrogen and oxygen atoms in total. The van der Waals surface area contributed by atoms with Crippen LogP contribution in [0.4, 0.5) is 10.5 Å². The van der Waals surface area contributed by atoms with Crippen LogP contribution in [0.15, 0.2) is 18.2 Å². The van der Waals surface area contributed by atoms with Gasteiger partial charge in [-0.25, -0.2) is 4.79 Å². The smallest absolute Gasteiger partial charge is 0.412 e. The number of anilines is 1. The van der Waals surface area contributed by atoms with Crippen LogP contribution in [0.5, 0.6) is 0 Å². The van der Waals surface area contributed by atoms with E-state index in [1.807, 2.05) is 0 Å². The average Bonchev–Trinajstić information content (AvgIpc) is 2.32. The maximum Gasteiger partial charge on any atom is 0.412 e. The van der Waals surface area contributed by atoms with Crippen molar-refractivity contribution in [3.05, 3.63) is 28.8 Å². The molecule has 1 rings (SSSR count). The van der Waals surface area contributed by atoms with Gasteiger partial charge >= 0.3 is 6.09 Å². The topological polar surface area (TPSA) is 84.6 Å². The molecular formula is C14H21ClN2O3. The van der Waals surface area contributed by atoms with Gasteiger partial charge in [0.05, 0.1) is 6.61 Å². The summed E-state index contributed by atoms with van der Waals surface area (Å²) in [7, 11) is 0. The Labute approximate surface area is 124 Å². The standard InChI is InChI=1S/C14H21ClN2O3/c1-14(2,3)20-13(19)17-10-4-5-12(15)11(6-10)9(7-16)8-18/h4-6,9,18H,7-8,16H2,1-3H3,(H,17,19). The molecule has 0 saturated carbocycles. The van der Waals surface area contributed by atoms with Crippen LogP contribution in [0.1, 0.15) is 32.3 Å². The Morgan fingerprint density at radius 3 is 2.65 bits per heavy atom. The van der Waals surface area contributed by atoms with Gasteiger partial charge in [-0.05, 0) is 44.5 Å². The molecule has 1 aromatic carbocycles. The average molecular weight is 301 g/mol. The van der Waals surface area contributed by atoms with E-state index in [4.69, 9.17) is 22.1 Å². The van der Waals surface area contributed by atoms with Crippen molar-refractivity contribution in [2.45, 2.75) is 32.3 Å². The maximum atomic E-state index is 11.7. The number of hydrogen-bond donors (Lipinski definition) is 3. The largest absolute Gasteiger partial charge is 0.444 e. The molecule has 6 heteroatoms. The Hall–Kier alpha value is -1.30. The van der Waals surface area contributed by atoms with Crippen molar-refractivity contribution in [1.29, 1.82) is 0 Å². The molecule has 0 fully saturated rings. The number of benzene rings is 1. The van der Waals surface area contributed by atoms with Crippen LogP contribution in [-0.4, -0.2) is 30.0 Å². The summed E-state index contributed by atoms with van der Waals surface area (Å²) in [5.41, 5.74) is 6.27. The van der Waals surface area contributed by atoms with Crippen molar-refractivity contribution < 1.29 is 14.6 Å². The third-order valence-corrected chi connectivity index (χ3v) is 2.93. The fraction of sp³-hybridized carbons (Fsp3) is 0.500. The van der Waals surface area contributed by atoms with Gasteiger partial charge in [0.2, 0.25) is 0 Å². The molecule has 4 N–H and O–H groups in total. The quantitative estimate of drug-likeness (QED) is 0.798. The first-order chi connectivity index (χ1) is 9.26. The number of aliphatic hydroxyl groups excluding tert-OH is 1. The highest BCUT2D eigenvalue weighted by molar-refractivity contribution is 6.31.